The van der Waals surface area contributed by atoms with Crippen LogP contribution in [0.1, 0.15) is 23.0 Å². The number of methoxy groups -OCH3 is 1. The molecule has 0 aliphatic carbocycles. The Morgan fingerprint density at radius 1 is 1.00 bits per heavy atom. The fourth-order valence-electron chi connectivity index (χ4n) is 2.66. The highest BCUT2D eigenvalue weighted by molar-refractivity contribution is 6.03. The van der Waals surface area contributed by atoms with Gasteiger partial charge in [0.25, 0.3) is 5.91 Å². The van der Waals surface area contributed by atoms with E-state index in [4.69, 9.17) is 4.74 Å². The first-order chi connectivity index (χ1) is 13.9. The van der Waals surface area contributed by atoms with E-state index in [1.165, 1.54) is 19.2 Å². The van der Waals surface area contributed by atoms with E-state index in [2.05, 4.69) is 25.9 Å². The van der Waals surface area contributed by atoms with Crippen molar-refractivity contribution in [3.63, 3.8) is 0 Å². The molecule has 8 nitrogen and oxygen atoms in total. The van der Waals surface area contributed by atoms with E-state index in [0.29, 0.717) is 22.8 Å². The van der Waals surface area contributed by atoms with Crippen molar-refractivity contribution in [1.29, 1.82) is 0 Å². The van der Waals surface area contributed by atoms with Gasteiger partial charge in [0.05, 0.1) is 12.8 Å². The van der Waals surface area contributed by atoms with E-state index in [1.807, 2.05) is 25.1 Å². The van der Waals surface area contributed by atoms with Crippen LogP contribution < -0.4 is 20.7 Å². The number of carbonyl (C=O) groups is 2. The van der Waals surface area contributed by atoms with Crippen molar-refractivity contribution in [2.45, 2.75) is 13.8 Å². The average molecular weight is 391 g/mol. The Balaban J connectivity index is 1.76. The number of aryl methyl sites for hydroxylation is 1. The molecule has 0 unspecified atom stereocenters. The molecule has 2 amide bonds. The number of hydrogen-bond acceptors (Lipinski definition) is 6. The highest BCUT2D eigenvalue weighted by Crippen LogP contribution is 2.27. The van der Waals surface area contributed by atoms with Crippen LogP contribution in [0.4, 0.5) is 23.0 Å². The quantitative estimate of drug-likeness (QED) is 0.591. The Morgan fingerprint density at radius 2 is 1.76 bits per heavy atom. The SMILES string of the molecule is COc1ccc(C)cc1Nc1nccc(C(=O)Nc2cccc(NC(C)=O)c2)n1. The van der Waals surface area contributed by atoms with Gasteiger partial charge in [0.2, 0.25) is 11.9 Å². The fourth-order valence-corrected chi connectivity index (χ4v) is 2.66. The zero-order valence-electron chi connectivity index (χ0n) is 16.3. The standard InChI is InChI=1S/C21H21N5O3/c1-13-7-8-19(29-3)18(11-13)26-21-22-10-9-17(25-21)20(28)24-16-6-4-5-15(12-16)23-14(2)27/h4-12H,1-3H3,(H,23,27)(H,24,28)(H,22,25,26). The predicted octanol–water partition coefficient (Wildman–Crippen LogP) is 3.75. The number of amides is 2. The smallest absolute Gasteiger partial charge is 0.274 e. The molecule has 1 heterocycles. The van der Waals surface area contributed by atoms with Gasteiger partial charge in [-0.25, -0.2) is 9.97 Å². The van der Waals surface area contributed by atoms with E-state index >= 15 is 0 Å². The lowest BCUT2D eigenvalue weighted by Crippen LogP contribution is -2.15. The van der Waals surface area contributed by atoms with E-state index in [9.17, 15) is 9.59 Å². The maximum Gasteiger partial charge on any atom is 0.274 e. The first kappa shape index (κ1) is 19.8. The van der Waals surface area contributed by atoms with Crippen LogP contribution in [-0.4, -0.2) is 28.9 Å². The molecule has 0 radical (unpaired) electrons. The lowest BCUT2D eigenvalue weighted by atomic mass is 10.2. The van der Waals surface area contributed by atoms with Crippen molar-refractivity contribution in [2.24, 2.45) is 0 Å². The highest BCUT2D eigenvalue weighted by Gasteiger charge is 2.11. The molecule has 3 N–H and O–H groups in total. The van der Waals surface area contributed by atoms with Gasteiger partial charge in [-0.1, -0.05) is 12.1 Å². The number of aromatic nitrogens is 2. The Morgan fingerprint density at radius 3 is 2.48 bits per heavy atom. The normalized spacial score (nSPS) is 10.2. The number of carbonyl (C=O) groups excluding carboxylic acids is 2. The van der Waals surface area contributed by atoms with Crippen molar-refractivity contribution >= 4 is 34.8 Å². The lowest BCUT2D eigenvalue weighted by Gasteiger charge is -2.11. The Hall–Kier alpha value is -3.94. The molecule has 0 saturated carbocycles. The largest absolute Gasteiger partial charge is 0.495 e. The predicted molar refractivity (Wildman–Crippen MR) is 112 cm³/mol. The summed E-state index contributed by atoms with van der Waals surface area (Å²) in [4.78, 5) is 32.2. The summed E-state index contributed by atoms with van der Waals surface area (Å²) in [5.74, 6) is 0.329. The minimum Gasteiger partial charge on any atom is -0.495 e. The summed E-state index contributed by atoms with van der Waals surface area (Å²) in [6.45, 7) is 3.38. The maximum absolute atomic E-state index is 12.6. The molecule has 29 heavy (non-hydrogen) atoms. The van der Waals surface area contributed by atoms with Gasteiger partial charge in [-0.2, -0.15) is 0 Å². The van der Waals surface area contributed by atoms with E-state index in [1.54, 1.807) is 31.4 Å². The minimum absolute atomic E-state index is 0.188. The zero-order chi connectivity index (χ0) is 20.8. The topological polar surface area (TPSA) is 105 Å². The monoisotopic (exact) mass is 391 g/mol. The van der Waals surface area contributed by atoms with E-state index < -0.39 is 5.91 Å². The molecule has 3 aromatic rings. The van der Waals surface area contributed by atoms with Crippen molar-refractivity contribution in [3.8, 4) is 5.75 Å². The number of rotatable bonds is 6. The molecule has 0 atom stereocenters. The average Bonchev–Trinajstić information content (AvgIpc) is 2.68. The summed E-state index contributed by atoms with van der Waals surface area (Å²) in [6.07, 6.45) is 1.50. The van der Waals surface area contributed by atoms with Gasteiger partial charge in [0.1, 0.15) is 11.4 Å². The number of ether oxygens (including phenoxy) is 1. The molecular weight excluding hydrogens is 370 g/mol. The Labute approximate surface area is 168 Å². The van der Waals surface area contributed by atoms with Gasteiger partial charge >= 0.3 is 0 Å². The molecule has 0 saturated heterocycles. The van der Waals surface area contributed by atoms with Crippen LogP contribution in [0.3, 0.4) is 0 Å². The Bertz CT molecular complexity index is 1050. The molecule has 148 valence electrons. The van der Waals surface area contributed by atoms with Crippen molar-refractivity contribution in [3.05, 3.63) is 66.0 Å². The Kier molecular flexibility index (Phi) is 6.03. The van der Waals surface area contributed by atoms with Crippen LogP contribution in [0.15, 0.2) is 54.7 Å². The highest BCUT2D eigenvalue weighted by atomic mass is 16.5. The third-order valence-electron chi connectivity index (χ3n) is 3.93. The van der Waals surface area contributed by atoms with Crippen molar-refractivity contribution < 1.29 is 14.3 Å². The third kappa shape index (κ3) is 5.29. The van der Waals surface area contributed by atoms with Crippen LogP contribution >= 0.6 is 0 Å². The molecule has 2 aromatic carbocycles. The van der Waals surface area contributed by atoms with Gasteiger partial charge in [-0.05, 0) is 48.9 Å². The summed E-state index contributed by atoms with van der Waals surface area (Å²) in [5, 5.41) is 8.51. The van der Waals surface area contributed by atoms with Crippen LogP contribution in [0.25, 0.3) is 0 Å². The van der Waals surface area contributed by atoms with Gasteiger partial charge < -0.3 is 20.7 Å². The number of benzene rings is 2. The molecule has 0 bridgehead atoms. The zero-order valence-corrected chi connectivity index (χ0v) is 16.3. The van der Waals surface area contributed by atoms with Gasteiger partial charge in [0.15, 0.2) is 0 Å². The summed E-state index contributed by atoms with van der Waals surface area (Å²) >= 11 is 0. The van der Waals surface area contributed by atoms with Gasteiger partial charge in [-0.3, -0.25) is 9.59 Å². The molecule has 1 aromatic heterocycles. The minimum atomic E-state index is -0.397. The lowest BCUT2D eigenvalue weighted by molar-refractivity contribution is -0.114. The molecule has 0 fully saturated rings. The van der Waals surface area contributed by atoms with Gasteiger partial charge in [-0.15, -0.1) is 0 Å². The second kappa shape index (κ2) is 8.83. The van der Waals surface area contributed by atoms with Crippen molar-refractivity contribution in [2.75, 3.05) is 23.1 Å². The number of hydrogen-bond donors (Lipinski definition) is 3. The molecule has 0 aliphatic rings. The van der Waals surface area contributed by atoms with Crippen LogP contribution in [0.2, 0.25) is 0 Å². The number of anilines is 4. The molecule has 0 aliphatic heterocycles. The number of nitrogens with one attached hydrogen (secondary N) is 3. The van der Waals surface area contributed by atoms with E-state index in [0.717, 1.165) is 5.56 Å². The summed E-state index contributed by atoms with van der Waals surface area (Å²) < 4.78 is 5.34. The summed E-state index contributed by atoms with van der Waals surface area (Å²) in [6, 6.07) is 14.1. The molecule has 3 rings (SSSR count). The van der Waals surface area contributed by atoms with Crippen LogP contribution in [0, 0.1) is 6.92 Å². The fraction of sp³-hybridized carbons (Fsp3) is 0.143. The first-order valence-corrected chi connectivity index (χ1v) is 8.88. The summed E-state index contributed by atoms with van der Waals surface area (Å²) in [5.41, 5.74) is 3.06. The number of nitrogens with zero attached hydrogens (tertiary/aromatic N) is 2. The van der Waals surface area contributed by atoms with Gasteiger partial charge in [0, 0.05) is 24.5 Å². The second-order valence-electron chi connectivity index (χ2n) is 6.31. The van der Waals surface area contributed by atoms with Crippen LogP contribution in [-0.2, 0) is 4.79 Å². The third-order valence-corrected chi connectivity index (χ3v) is 3.93. The summed E-state index contributed by atoms with van der Waals surface area (Å²) in [7, 11) is 1.58. The molecule has 8 heteroatoms. The molecule has 0 spiro atoms. The first-order valence-electron chi connectivity index (χ1n) is 8.88. The molecular formula is C21H21N5O3. The van der Waals surface area contributed by atoms with Crippen molar-refractivity contribution in [1.82, 2.24) is 9.97 Å². The second-order valence-corrected chi connectivity index (χ2v) is 6.31. The van der Waals surface area contributed by atoms with Crippen LogP contribution in [0.5, 0.6) is 5.75 Å². The van der Waals surface area contributed by atoms with E-state index in [-0.39, 0.29) is 17.5 Å². The maximum atomic E-state index is 12.6.